The van der Waals surface area contributed by atoms with Crippen molar-refractivity contribution >= 4 is 29.4 Å². The summed E-state index contributed by atoms with van der Waals surface area (Å²) in [5.41, 5.74) is 4.28. The van der Waals surface area contributed by atoms with Crippen LogP contribution in [-0.2, 0) is 0 Å². The molecule has 1 heterocycles. The molecule has 21 heavy (non-hydrogen) atoms. The molecule has 1 aromatic heterocycles. The van der Waals surface area contributed by atoms with E-state index in [0.29, 0.717) is 22.4 Å². The van der Waals surface area contributed by atoms with Gasteiger partial charge in [-0.1, -0.05) is 6.92 Å². The molecule has 8 heteroatoms. The summed E-state index contributed by atoms with van der Waals surface area (Å²) in [4.78, 5) is 19.9. The Morgan fingerprint density at radius 1 is 1.52 bits per heavy atom. The van der Waals surface area contributed by atoms with Crippen molar-refractivity contribution in [1.29, 1.82) is 0 Å². The monoisotopic (exact) mass is 317 g/mol. The van der Waals surface area contributed by atoms with Crippen LogP contribution in [-0.4, -0.2) is 28.9 Å². The van der Waals surface area contributed by atoms with Gasteiger partial charge in [0.05, 0.1) is 11.9 Å². The van der Waals surface area contributed by atoms with E-state index in [1.807, 2.05) is 6.92 Å². The number of alkyl halides is 3. The van der Waals surface area contributed by atoms with Crippen molar-refractivity contribution in [3.05, 3.63) is 29.7 Å². The van der Waals surface area contributed by atoms with Crippen LogP contribution in [0.4, 0.5) is 18.9 Å². The molecule has 1 aromatic rings. The van der Waals surface area contributed by atoms with Crippen LogP contribution in [0, 0.1) is 0 Å². The number of hydrogen-bond acceptors (Lipinski definition) is 5. The van der Waals surface area contributed by atoms with Crippen LogP contribution in [0.2, 0.25) is 0 Å². The summed E-state index contributed by atoms with van der Waals surface area (Å²) in [5, 5.41) is 0. The minimum Gasteiger partial charge on any atom is -0.395 e. The summed E-state index contributed by atoms with van der Waals surface area (Å²) >= 11 is 1.41. The molecule has 0 spiro atoms. The number of carbonyl (C=O) groups excluding carboxylic acids is 1. The van der Waals surface area contributed by atoms with E-state index in [-0.39, 0.29) is 5.78 Å². The zero-order valence-electron chi connectivity index (χ0n) is 11.4. The zero-order valence-corrected chi connectivity index (χ0v) is 12.3. The molecule has 0 saturated carbocycles. The van der Waals surface area contributed by atoms with Gasteiger partial charge >= 0.3 is 6.18 Å². The molecule has 114 valence electrons. The Kier molecular flexibility index (Phi) is 5.95. The standard InChI is InChI=1S/C13H14F3N3OS/c1-3-21-10-6-9(7-19-12(10)8(2)20)18-5-4-11(17)13(14,15)16/h4-7H,3,17H2,1-2H3. The van der Waals surface area contributed by atoms with E-state index in [1.54, 1.807) is 6.07 Å². The molecular weight excluding hydrogens is 303 g/mol. The summed E-state index contributed by atoms with van der Waals surface area (Å²) in [5.74, 6) is 0.554. The maximum absolute atomic E-state index is 12.2. The van der Waals surface area contributed by atoms with Gasteiger partial charge in [-0.3, -0.25) is 9.79 Å². The maximum Gasteiger partial charge on any atom is 0.430 e. The fourth-order valence-electron chi connectivity index (χ4n) is 1.33. The molecule has 0 aliphatic carbocycles. The van der Waals surface area contributed by atoms with Crippen molar-refractivity contribution < 1.29 is 18.0 Å². The lowest BCUT2D eigenvalue weighted by Crippen LogP contribution is -2.19. The summed E-state index contributed by atoms with van der Waals surface area (Å²) < 4.78 is 36.5. The van der Waals surface area contributed by atoms with Crippen LogP contribution >= 0.6 is 11.8 Å². The molecule has 0 saturated heterocycles. The Balaban J connectivity index is 3.00. The fraction of sp³-hybridized carbons (Fsp3) is 0.308. The van der Waals surface area contributed by atoms with Gasteiger partial charge < -0.3 is 5.73 Å². The second-order valence-electron chi connectivity index (χ2n) is 3.93. The predicted octanol–water partition coefficient (Wildman–Crippen LogP) is 3.50. The summed E-state index contributed by atoms with van der Waals surface area (Å²) in [6.45, 7) is 3.31. The largest absolute Gasteiger partial charge is 0.430 e. The highest BCUT2D eigenvalue weighted by atomic mass is 32.2. The highest BCUT2D eigenvalue weighted by Crippen LogP contribution is 2.26. The average molecular weight is 317 g/mol. The van der Waals surface area contributed by atoms with E-state index in [2.05, 4.69) is 9.98 Å². The number of nitrogens with zero attached hydrogens (tertiary/aromatic N) is 2. The smallest absolute Gasteiger partial charge is 0.395 e. The van der Waals surface area contributed by atoms with Gasteiger partial charge in [0.2, 0.25) is 0 Å². The number of pyridine rings is 1. The van der Waals surface area contributed by atoms with Gasteiger partial charge in [-0.25, -0.2) is 4.98 Å². The molecule has 0 amide bonds. The number of carbonyl (C=O) groups is 1. The first-order valence-electron chi connectivity index (χ1n) is 5.96. The topological polar surface area (TPSA) is 68.3 Å². The number of aromatic nitrogens is 1. The third-order valence-electron chi connectivity index (χ3n) is 2.28. The Hall–Kier alpha value is -1.83. The summed E-state index contributed by atoms with van der Waals surface area (Å²) in [6, 6.07) is 1.60. The van der Waals surface area contributed by atoms with E-state index in [4.69, 9.17) is 5.73 Å². The van der Waals surface area contributed by atoms with Gasteiger partial charge in [0.15, 0.2) is 5.78 Å². The molecule has 0 aliphatic rings. The number of thioether (sulfide) groups is 1. The maximum atomic E-state index is 12.2. The van der Waals surface area contributed by atoms with E-state index in [9.17, 15) is 18.0 Å². The van der Waals surface area contributed by atoms with Gasteiger partial charge in [0.1, 0.15) is 11.4 Å². The highest BCUT2D eigenvalue weighted by Gasteiger charge is 2.30. The van der Waals surface area contributed by atoms with Crippen LogP contribution in [0.5, 0.6) is 0 Å². The second-order valence-corrected chi connectivity index (χ2v) is 5.23. The second kappa shape index (κ2) is 7.26. The Morgan fingerprint density at radius 2 is 2.19 bits per heavy atom. The first-order chi connectivity index (χ1) is 9.75. The average Bonchev–Trinajstić information content (AvgIpc) is 2.37. The molecule has 0 aliphatic heterocycles. The summed E-state index contributed by atoms with van der Waals surface area (Å²) in [6.07, 6.45) is -1.63. The lowest BCUT2D eigenvalue weighted by atomic mass is 10.2. The van der Waals surface area contributed by atoms with Crippen molar-refractivity contribution in [3.63, 3.8) is 0 Å². The molecule has 4 nitrogen and oxygen atoms in total. The zero-order chi connectivity index (χ0) is 16.0. The van der Waals surface area contributed by atoms with Gasteiger partial charge in [-0.05, 0) is 17.9 Å². The van der Waals surface area contributed by atoms with E-state index in [1.165, 1.54) is 24.9 Å². The van der Waals surface area contributed by atoms with Gasteiger partial charge in [0.25, 0.3) is 0 Å². The Labute approximate surface area is 124 Å². The lowest BCUT2D eigenvalue weighted by Gasteiger charge is -2.05. The number of Topliss-reactive ketones (excluding diaryl/α,β-unsaturated/α-hetero) is 1. The van der Waals surface area contributed by atoms with Crippen LogP contribution in [0.3, 0.4) is 0 Å². The third kappa shape index (κ3) is 5.22. The number of halogens is 3. The predicted molar refractivity (Wildman–Crippen MR) is 77.1 cm³/mol. The number of ketones is 1. The Bertz CT molecular complexity index is 583. The van der Waals surface area contributed by atoms with Crippen molar-refractivity contribution in [2.75, 3.05) is 5.75 Å². The summed E-state index contributed by atoms with van der Waals surface area (Å²) in [7, 11) is 0. The molecule has 2 N–H and O–H groups in total. The van der Waals surface area contributed by atoms with Crippen LogP contribution < -0.4 is 5.73 Å². The van der Waals surface area contributed by atoms with Crippen LogP contribution in [0.25, 0.3) is 0 Å². The molecule has 1 rings (SSSR count). The molecule has 0 fully saturated rings. The minimum atomic E-state index is -4.58. The normalized spacial score (nSPS) is 12.9. The number of allylic oxidation sites excluding steroid dienone is 2. The van der Waals surface area contributed by atoms with Crippen LogP contribution in [0.15, 0.2) is 33.9 Å². The highest BCUT2D eigenvalue weighted by molar-refractivity contribution is 7.99. The first-order valence-corrected chi connectivity index (χ1v) is 6.95. The molecule has 0 aromatic carbocycles. The van der Waals surface area contributed by atoms with Gasteiger partial charge in [0, 0.05) is 18.0 Å². The SMILES string of the molecule is CCSc1cc(N=CC=C(N)C(F)(F)F)cnc1C(C)=O. The molecule has 0 unspecified atom stereocenters. The van der Waals surface area contributed by atoms with Gasteiger partial charge in [-0.15, -0.1) is 11.8 Å². The third-order valence-corrected chi connectivity index (χ3v) is 3.19. The van der Waals surface area contributed by atoms with Crippen molar-refractivity contribution in [2.24, 2.45) is 10.7 Å². The van der Waals surface area contributed by atoms with E-state index >= 15 is 0 Å². The number of aliphatic imine (C=N–C) groups is 1. The number of rotatable bonds is 5. The fourth-order valence-corrected chi connectivity index (χ4v) is 2.18. The van der Waals surface area contributed by atoms with Crippen molar-refractivity contribution in [3.8, 4) is 0 Å². The lowest BCUT2D eigenvalue weighted by molar-refractivity contribution is -0.0925. The first kappa shape index (κ1) is 17.2. The van der Waals surface area contributed by atoms with Crippen molar-refractivity contribution in [2.45, 2.75) is 24.9 Å². The van der Waals surface area contributed by atoms with Gasteiger partial charge in [-0.2, -0.15) is 13.2 Å². The van der Waals surface area contributed by atoms with E-state index in [0.717, 1.165) is 12.0 Å². The quantitative estimate of drug-likeness (QED) is 0.513. The van der Waals surface area contributed by atoms with Crippen LogP contribution in [0.1, 0.15) is 24.3 Å². The number of hydrogen-bond donors (Lipinski definition) is 1. The minimum absolute atomic E-state index is 0.178. The van der Waals surface area contributed by atoms with E-state index < -0.39 is 11.9 Å². The number of nitrogens with two attached hydrogens (primary N) is 1. The molecule has 0 bridgehead atoms. The Morgan fingerprint density at radius 3 is 2.71 bits per heavy atom. The molecule has 0 radical (unpaired) electrons. The van der Waals surface area contributed by atoms with Crippen molar-refractivity contribution in [1.82, 2.24) is 4.98 Å². The molecular formula is C13H14F3N3OS. The molecule has 0 atom stereocenters.